The monoisotopic (exact) mass is 439 g/mol. The molecule has 13 heteroatoms. The average molecular weight is 439 g/mol. The summed E-state index contributed by atoms with van der Waals surface area (Å²) in [6, 6.07) is 5.72. The fourth-order valence-corrected chi connectivity index (χ4v) is 2.66. The molecule has 0 aromatic carbocycles. The van der Waals surface area contributed by atoms with Crippen LogP contribution in [-0.2, 0) is 14.2 Å². The maximum Gasteiger partial charge on any atom is 0.505 e. The van der Waals surface area contributed by atoms with E-state index in [9.17, 15) is 14.7 Å². The summed E-state index contributed by atoms with van der Waals surface area (Å²) in [5.41, 5.74) is 6.19. The third-order valence-corrected chi connectivity index (χ3v) is 4.01. The molecule has 1 aliphatic heterocycles. The van der Waals surface area contributed by atoms with Gasteiger partial charge in [0.2, 0.25) is 0 Å². The molecule has 2 atom stereocenters. The van der Waals surface area contributed by atoms with Crippen LogP contribution in [0, 0.1) is 11.3 Å². The van der Waals surface area contributed by atoms with E-state index in [-0.39, 0.29) is 25.9 Å². The summed E-state index contributed by atoms with van der Waals surface area (Å²) in [6.45, 7) is 3.40. The van der Waals surface area contributed by atoms with Gasteiger partial charge in [-0.05, 0) is 38.8 Å². The molecule has 13 nitrogen and oxygen atoms in total. The first kappa shape index (κ1) is 25.4. The fourth-order valence-electron chi connectivity index (χ4n) is 2.66. The number of aromatic nitrogens is 3. The molecule has 0 radical (unpaired) electrons. The molecular weight excluding hydrogens is 414 g/mol. The van der Waals surface area contributed by atoms with E-state index in [0.29, 0.717) is 24.2 Å². The van der Waals surface area contributed by atoms with E-state index in [0.717, 1.165) is 5.69 Å². The smallest absolute Gasteiger partial charge is 0.450 e. The summed E-state index contributed by atoms with van der Waals surface area (Å²) in [4.78, 5) is 22.7. The number of hydrogen-bond donors (Lipinski definition) is 4. The molecule has 0 aliphatic carbocycles. The Morgan fingerprint density at radius 2 is 1.94 bits per heavy atom. The van der Waals surface area contributed by atoms with E-state index in [4.69, 9.17) is 25.9 Å². The van der Waals surface area contributed by atoms with Gasteiger partial charge in [0.05, 0.1) is 25.5 Å². The summed E-state index contributed by atoms with van der Waals surface area (Å²) in [5, 5.41) is 37.9. The van der Waals surface area contributed by atoms with E-state index in [1.807, 2.05) is 18.2 Å². The number of nitriles is 1. The molecule has 0 bridgehead atoms. The van der Waals surface area contributed by atoms with Crippen LogP contribution in [0.1, 0.15) is 38.5 Å². The van der Waals surface area contributed by atoms with Gasteiger partial charge in [0.25, 0.3) is 0 Å². The van der Waals surface area contributed by atoms with Gasteiger partial charge in [-0.25, -0.2) is 19.1 Å². The number of rotatable bonds is 4. The van der Waals surface area contributed by atoms with Gasteiger partial charge in [-0.1, -0.05) is 0 Å². The van der Waals surface area contributed by atoms with E-state index in [1.54, 1.807) is 18.4 Å². The van der Waals surface area contributed by atoms with Crippen LogP contribution >= 0.6 is 0 Å². The minimum absolute atomic E-state index is 0.231. The number of nitrogen functional groups attached to an aromatic ring is 1. The predicted molar refractivity (Wildman–Crippen MR) is 105 cm³/mol. The topological polar surface area (TPSA) is 203 Å². The lowest BCUT2D eigenvalue weighted by atomic mass is 10.0. The molecule has 0 amide bonds. The average Bonchev–Trinajstić information content (AvgIpc) is 3.34. The number of ether oxygens (including phenoxy) is 3. The highest BCUT2D eigenvalue weighted by Crippen LogP contribution is 2.39. The van der Waals surface area contributed by atoms with Crippen LogP contribution in [0.2, 0.25) is 0 Å². The van der Waals surface area contributed by atoms with Gasteiger partial charge >= 0.3 is 12.3 Å². The number of aliphatic hydroxyl groups excluding tert-OH is 1. The fraction of sp³-hybridized carbons (Fsp3) is 0.500. The Morgan fingerprint density at radius 3 is 2.35 bits per heavy atom. The van der Waals surface area contributed by atoms with Gasteiger partial charge in [0.1, 0.15) is 24.0 Å². The van der Waals surface area contributed by atoms with Gasteiger partial charge in [0, 0.05) is 0 Å². The van der Waals surface area contributed by atoms with Crippen LogP contribution in [0.3, 0.4) is 0 Å². The van der Waals surface area contributed by atoms with Crippen molar-refractivity contribution >= 4 is 23.6 Å². The summed E-state index contributed by atoms with van der Waals surface area (Å²) < 4.78 is 15.3. The molecule has 0 spiro atoms. The van der Waals surface area contributed by atoms with Gasteiger partial charge in [-0.3, -0.25) is 0 Å². The molecular formula is C18H25N5O8. The van der Waals surface area contributed by atoms with Crippen molar-refractivity contribution in [2.75, 3.05) is 25.6 Å². The number of carbonyl (C=O) groups is 2. The Balaban J connectivity index is 0.000000333. The highest BCUT2D eigenvalue weighted by molar-refractivity contribution is 5.65. The molecule has 1 unspecified atom stereocenters. The SMILES string of the molecule is CCOC(=O)O.CCOC(=O)O.N#C[C@@]1(CO)CCC(c2ccc3c(N)ncnn23)O1. The van der Waals surface area contributed by atoms with E-state index in [1.165, 1.54) is 6.33 Å². The van der Waals surface area contributed by atoms with Gasteiger partial charge in [-0.2, -0.15) is 10.4 Å². The highest BCUT2D eigenvalue weighted by Gasteiger charge is 2.41. The third-order valence-electron chi connectivity index (χ3n) is 4.01. The van der Waals surface area contributed by atoms with Crippen molar-refractivity contribution < 1.29 is 39.1 Å². The zero-order chi connectivity index (χ0) is 23.4. The lowest BCUT2D eigenvalue weighted by Gasteiger charge is -2.18. The standard InChI is InChI=1S/C12H13N5O2.2C3H6O3/c13-5-12(6-18)4-3-10(19-12)8-1-2-9-11(14)15-7-16-17(8)9;2*1-2-6-3(4)5/h1-2,7,10,18H,3-4,6H2,(H2,14,15,16);2*2H2,1H3,(H,4,5)/t10?,12-;;/m1../s1. The first-order valence-corrected chi connectivity index (χ1v) is 9.23. The minimum atomic E-state index is -1.21. The Kier molecular flexibility index (Phi) is 9.96. The molecule has 1 aliphatic rings. The first-order valence-electron chi connectivity index (χ1n) is 9.23. The maximum absolute atomic E-state index is 9.38. The van der Waals surface area contributed by atoms with Crippen LogP contribution in [0.25, 0.3) is 5.52 Å². The number of hydrogen-bond acceptors (Lipinski definition) is 10. The molecule has 31 heavy (non-hydrogen) atoms. The largest absolute Gasteiger partial charge is 0.505 e. The number of nitrogens with two attached hydrogens (primary N) is 1. The quantitative estimate of drug-likeness (QED) is 0.504. The number of carboxylic acid groups (broad SMARTS) is 2. The lowest BCUT2D eigenvalue weighted by molar-refractivity contribution is -0.0386. The molecule has 1 saturated heterocycles. The molecule has 3 rings (SSSR count). The highest BCUT2D eigenvalue weighted by atomic mass is 16.7. The Labute approximate surface area is 177 Å². The molecule has 5 N–H and O–H groups in total. The molecule has 3 heterocycles. The number of aliphatic hydroxyl groups is 1. The molecule has 1 fully saturated rings. The van der Waals surface area contributed by atoms with Crippen LogP contribution < -0.4 is 5.73 Å². The first-order chi connectivity index (χ1) is 14.7. The third kappa shape index (κ3) is 7.28. The van der Waals surface area contributed by atoms with E-state index >= 15 is 0 Å². The molecule has 2 aromatic rings. The second-order valence-electron chi connectivity index (χ2n) is 6.01. The molecule has 170 valence electrons. The Hall–Kier alpha value is -3.63. The molecule has 0 saturated carbocycles. The summed E-state index contributed by atoms with van der Waals surface area (Å²) >= 11 is 0. The Morgan fingerprint density at radius 1 is 1.32 bits per heavy atom. The van der Waals surface area contributed by atoms with Crippen LogP contribution in [0.5, 0.6) is 0 Å². The van der Waals surface area contributed by atoms with Crippen molar-refractivity contribution in [1.82, 2.24) is 14.6 Å². The zero-order valence-electron chi connectivity index (χ0n) is 17.1. The van der Waals surface area contributed by atoms with Crippen molar-refractivity contribution in [3.8, 4) is 6.07 Å². The minimum Gasteiger partial charge on any atom is -0.450 e. The lowest BCUT2D eigenvalue weighted by Crippen LogP contribution is -2.30. The maximum atomic E-state index is 9.38. The second kappa shape index (κ2) is 12.2. The normalized spacial score (nSPS) is 19.2. The zero-order valence-corrected chi connectivity index (χ0v) is 17.1. The second-order valence-corrected chi connectivity index (χ2v) is 6.01. The number of fused-ring (bicyclic) bond motifs is 1. The number of nitrogens with zero attached hydrogens (tertiary/aromatic N) is 4. The Bertz CT molecular complexity index is 896. The number of anilines is 1. The van der Waals surface area contributed by atoms with Gasteiger partial charge in [0.15, 0.2) is 11.4 Å². The van der Waals surface area contributed by atoms with Crippen molar-refractivity contribution in [3.63, 3.8) is 0 Å². The van der Waals surface area contributed by atoms with Crippen molar-refractivity contribution in [3.05, 3.63) is 24.2 Å². The molecule has 2 aromatic heterocycles. The summed E-state index contributed by atoms with van der Waals surface area (Å²) in [6.07, 6.45) is -0.161. The van der Waals surface area contributed by atoms with Crippen molar-refractivity contribution in [1.29, 1.82) is 5.26 Å². The van der Waals surface area contributed by atoms with Crippen LogP contribution in [-0.4, -0.2) is 67.7 Å². The van der Waals surface area contributed by atoms with Crippen molar-refractivity contribution in [2.45, 2.75) is 38.4 Å². The van der Waals surface area contributed by atoms with Crippen LogP contribution in [0.4, 0.5) is 15.4 Å². The van der Waals surface area contributed by atoms with Gasteiger partial charge < -0.3 is 35.3 Å². The van der Waals surface area contributed by atoms with E-state index in [2.05, 4.69) is 19.6 Å². The van der Waals surface area contributed by atoms with Crippen LogP contribution in [0.15, 0.2) is 18.5 Å². The summed E-state index contributed by atoms with van der Waals surface area (Å²) in [7, 11) is 0. The van der Waals surface area contributed by atoms with E-state index < -0.39 is 17.9 Å². The predicted octanol–water partition coefficient (Wildman–Crippen LogP) is 1.82. The van der Waals surface area contributed by atoms with Gasteiger partial charge in [-0.15, -0.1) is 0 Å². The summed E-state index contributed by atoms with van der Waals surface area (Å²) in [5.74, 6) is 0.396. The van der Waals surface area contributed by atoms with Crippen molar-refractivity contribution in [2.24, 2.45) is 0 Å².